The molecule has 1 aromatic heterocycles. The maximum absolute atomic E-state index is 12.1. The fourth-order valence-corrected chi connectivity index (χ4v) is 4.26. The number of nitro groups is 1. The molecule has 0 saturated carbocycles. The van der Waals surface area contributed by atoms with Gasteiger partial charge in [-0.2, -0.15) is 0 Å². The predicted molar refractivity (Wildman–Crippen MR) is 111 cm³/mol. The van der Waals surface area contributed by atoms with Gasteiger partial charge in [0.1, 0.15) is 9.84 Å². The van der Waals surface area contributed by atoms with Gasteiger partial charge in [-0.25, -0.2) is 8.42 Å². The minimum atomic E-state index is -3.35. The van der Waals surface area contributed by atoms with Crippen molar-refractivity contribution in [3.63, 3.8) is 0 Å². The molecular weight excluding hydrogens is 396 g/mol. The van der Waals surface area contributed by atoms with Crippen LogP contribution in [0.2, 0.25) is 0 Å². The van der Waals surface area contributed by atoms with E-state index in [1.165, 1.54) is 19.4 Å². The summed E-state index contributed by atoms with van der Waals surface area (Å²) in [5.41, 5.74) is 0.673. The van der Waals surface area contributed by atoms with Crippen LogP contribution in [-0.4, -0.2) is 43.6 Å². The summed E-state index contributed by atoms with van der Waals surface area (Å²) in [5.74, 6) is 0.885. The van der Waals surface area contributed by atoms with E-state index in [-0.39, 0.29) is 11.4 Å². The molecule has 0 aliphatic rings. The maximum Gasteiger partial charge on any atom is 0.278 e. The van der Waals surface area contributed by atoms with E-state index >= 15 is 0 Å². The van der Waals surface area contributed by atoms with Gasteiger partial charge in [0, 0.05) is 30.1 Å². The molecule has 8 nitrogen and oxygen atoms in total. The van der Waals surface area contributed by atoms with E-state index in [0.29, 0.717) is 34.4 Å². The van der Waals surface area contributed by atoms with Crippen LogP contribution in [0.4, 0.5) is 5.69 Å². The van der Waals surface area contributed by atoms with Crippen molar-refractivity contribution in [2.75, 3.05) is 25.7 Å². The van der Waals surface area contributed by atoms with Crippen molar-refractivity contribution in [2.45, 2.75) is 13.0 Å². The summed E-state index contributed by atoms with van der Waals surface area (Å²) in [6.45, 7) is 2.27. The Bertz CT molecular complexity index is 1150. The third-order valence-corrected chi connectivity index (χ3v) is 5.49. The van der Waals surface area contributed by atoms with Crippen molar-refractivity contribution in [1.29, 1.82) is 0 Å². The molecule has 1 heterocycles. The molecular formula is C20H22N2O6S. The number of rotatable bonds is 8. The summed E-state index contributed by atoms with van der Waals surface area (Å²) in [5, 5.41) is 12.5. The van der Waals surface area contributed by atoms with Crippen LogP contribution < -0.4 is 9.47 Å². The number of ether oxygens (including phenoxy) is 2. The molecule has 0 N–H and O–H groups in total. The van der Waals surface area contributed by atoms with Gasteiger partial charge in [0.2, 0.25) is 0 Å². The first kappa shape index (κ1) is 20.7. The molecule has 0 saturated heterocycles. The average molecular weight is 418 g/mol. The van der Waals surface area contributed by atoms with Crippen molar-refractivity contribution >= 4 is 26.3 Å². The number of nitrogens with zero attached hydrogens (tertiary/aromatic N) is 2. The number of hydrogen-bond donors (Lipinski definition) is 0. The van der Waals surface area contributed by atoms with Crippen LogP contribution in [-0.2, 0) is 9.84 Å². The molecule has 0 aliphatic heterocycles. The second-order valence-electron chi connectivity index (χ2n) is 6.69. The van der Waals surface area contributed by atoms with Gasteiger partial charge in [-0.05, 0) is 24.6 Å². The molecule has 154 valence electrons. The summed E-state index contributed by atoms with van der Waals surface area (Å²) >= 11 is 0. The quantitative estimate of drug-likeness (QED) is 0.409. The molecule has 3 rings (SSSR count). The molecule has 0 bridgehead atoms. The van der Waals surface area contributed by atoms with Crippen LogP contribution in [0.15, 0.2) is 48.8 Å². The Labute approximate surface area is 168 Å². The SMILES string of the molecule is CCOc1cc([C@@H](CS(C)(=O)=O)n2cc3cccc([N+](=O)[O-])c3c2)ccc1OC. The molecule has 0 aliphatic carbocycles. The van der Waals surface area contributed by atoms with Gasteiger partial charge in [-0.1, -0.05) is 18.2 Å². The Kier molecular flexibility index (Phi) is 5.78. The number of hydrogen-bond acceptors (Lipinski definition) is 6. The van der Waals surface area contributed by atoms with Crippen LogP contribution in [0.3, 0.4) is 0 Å². The van der Waals surface area contributed by atoms with Crippen molar-refractivity contribution in [3.8, 4) is 11.5 Å². The summed E-state index contributed by atoms with van der Waals surface area (Å²) in [4.78, 5) is 10.9. The summed E-state index contributed by atoms with van der Waals surface area (Å²) in [7, 11) is -1.82. The van der Waals surface area contributed by atoms with Gasteiger partial charge in [0.25, 0.3) is 5.69 Å². The zero-order valence-electron chi connectivity index (χ0n) is 16.4. The average Bonchev–Trinajstić information content (AvgIpc) is 3.09. The number of methoxy groups -OCH3 is 1. The van der Waals surface area contributed by atoms with E-state index in [4.69, 9.17) is 9.47 Å². The second kappa shape index (κ2) is 8.12. The molecule has 0 amide bonds. The van der Waals surface area contributed by atoms with E-state index in [9.17, 15) is 18.5 Å². The minimum Gasteiger partial charge on any atom is -0.493 e. The van der Waals surface area contributed by atoms with Crippen LogP contribution in [0, 0.1) is 10.1 Å². The topological polar surface area (TPSA) is 101 Å². The number of sulfone groups is 1. The lowest BCUT2D eigenvalue weighted by Gasteiger charge is -2.20. The van der Waals surface area contributed by atoms with Crippen LogP contribution in [0.1, 0.15) is 18.5 Å². The van der Waals surface area contributed by atoms with E-state index in [0.717, 1.165) is 0 Å². The Hall–Kier alpha value is -3.07. The smallest absolute Gasteiger partial charge is 0.278 e. The fraction of sp³-hybridized carbons (Fsp3) is 0.300. The lowest BCUT2D eigenvalue weighted by molar-refractivity contribution is -0.383. The molecule has 0 radical (unpaired) electrons. The first-order chi connectivity index (χ1) is 13.7. The van der Waals surface area contributed by atoms with Crippen molar-refractivity contribution in [2.24, 2.45) is 0 Å². The zero-order chi connectivity index (χ0) is 21.2. The Morgan fingerprint density at radius 2 is 1.93 bits per heavy atom. The number of non-ortho nitro benzene ring substituents is 1. The highest BCUT2D eigenvalue weighted by atomic mass is 32.2. The molecule has 2 aromatic carbocycles. The van der Waals surface area contributed by atoms with Gasteiger partial charge in [-0.15, -0.1) is 0 Å². The maximum atomic E-state index is 12.1. The lowest BCUT2D eigenvalue weighted by atomic mass is 10.1. The Balaban J connectivity index is 2.16. The van der Waals surface area contributed by atoms with E-state index in [1.807, 2.05) is 6.92 Å². The highest BCUT2D eigenvalue weighted by Crippen LogP contribution is 2.34. The number of benzene rings is 2. The summed E-state index contributed by atoms with van der Waals surface area (Å²) < 4.78 is 36.9. The van der Waals surface area contributed by atoms with Gasteiger partial charge in [-0.3, -0.25) is 10.1 Å². The van der Waals surface area contributed by atoms with E-state index in [2.05, 4.69) is 0 Å². The number of aromatic nitrogens is 1. The molecule has 0 unspecified atom stereocenters. The Morgan fingerprint density at radius 1 is 1.17 bits per heavy atom. The fourth-order valence-electron chi connectivity index (χ4n) is 3.32. The summed E-state index contributed by atoms with van der Waals surface area (Å²) in [6.07, 6.45) is 4.51. The third kappa shape index (κ3) is 4.51. The second-order valence-corrected chi connectivity index (χ2v) is 8.88. The van der Waals surface area contributed by atoms with Gasteiger partial charge in [0.15, 0.2) is 11.5 Å². The molecule has 9 heteroatoms. The van der Waals surface area contributed by atoms with Crippen molar-refractivity contribution < 1.29 is 22.8 Å². The van der Waals surface area contributed by atoms with Crippen molar-refractivity contribution in [1.82, 2.24) is 4.57 Å². The predicted octanol–water partition coefficient (Wildman–Crippen LogP) is 3.59. The summed E-state index contributed by atoms with van der Waals surface area (Å²) in [6, 6.07) is 9.46. The van der Waals surface area contributed by atoms with Crippen molar-refractivity contribution in [3.05, 3.63) is 64.5 Å². The Morgan fingerprint density at radius 3 is 2.55 bits per heavy atom. The number of fused-ring (bicyclic) bond motifs is 1. The lowest BCUT2D eigenvalue weighted by Crippen LogP contribution is -2.19. The largest absolute Gasteiger partial charge is 0.493 e. The number of nitro benzene ring substituents is 1. The van der Waals surface area contributed by atoms with Crippen LogP contribution in [0.5, 0.6) is 11.5 Å². The monoisotopic (exact) mass is 418 g/mol. The van der Waals surface area contributed by atoms with Gasteiger partial charge in [0.05, 0.1) is 35.8 Å². The normalized spacial score (nSPS) is 12.7. The molecule has 1 atom stereocenters. The van der Waals surface area contributed by atoms with Gasteiger partial charge < -0.3 is 14.0 Å². The first-order valence-electron chi connectivity index (χ1n) is 8.96. The van der Waals surface area contributed by atoms with Crippen LogP contribution in [0.25, 0.3) is 10.8 Å². The van der Waals surface area contributed by atoms with Gasteiger partial charge >= 0.3 is 0 Å². The molecule has 0 spiro atoms. The zero-order valence-corrected chi connectivity index (χ0v) is 17.2. The molecule has 29 heavy (non-hydrogen) atoms. The highest BCUT2D eigenvalue weighted by molar-refractivity contribution is 7.90. The first-order valence-corrected chi connectivity index (χ1v) is 11.0. The molecule has 3 aromatic rings. The van der Waals surface area contributed by atoms with Crippen LogP contribution >= 0.6 is 0 Å². The van der Waals surface area contributed by atoms with E-state index < -0.39 is 20.8 Å². The highest BCUT2D eigenvalue weighted by Gasteiger charge is 2.23. The standard InChI is InChI=1S/C20H22N2O6S/c1-4-28-20-10-14(8-9-19(20)27-2)18(13-29(3,25)26)21-11-15-6-5-7-17(22(23)24)16(15)12-21/h5-12,18H,4,13H2,1-3H3/t18-/m1/s1. The molecule has 0 fully saturated rings. The van der Waals surface area contributed by atoms with E-state index in [1.54, 1.807) is 47.3 Å². The third-order valence-electron chi connectivity index (χ3n) is 4.57. The minimum absolute atomic E-state index is 0.0240.